The number of rotatable bonds is 4. The van der Waals surface area contributed by atoms with Crippen LogP contribution in [0.1, 0.15) is 106 Å². The number of aliphatic hydroxyl groups is 2. The standard InChI is InChI=1S/C32H37FO3/c1-19(2)24-17-26-29(25(34)18-32(36-26)15-6-16-32)27(20-9-13-23(33)14-10-20)28(24)30(35)21-7-11-22(12-8-21)31(3,4)5/h7-14,17,19,25,30,34-35H,6,15-16,18H2,1-5H3/t25-,30?/m0/s1. The maximum absolute atomic E-state index is 13.9. The molecule has 0 amide bonds. The summed E-state index contributed by atoms with van der Waals surface area (Å²) in [7, 11) is 0. The maximum atomic E-state index is 13.9. The second kappa shape index (κ2) is 9.00. The molecule has 1 aliphatic carbocycles. The summed E-state index contributed by atoms with van der Waals surface area (Å²) in [6.07, 6.45) is 1.89. The van der Waals surface area contributed by atoms with Crippen LogP contribution in [-0.4, -0.2) is 15.8 Å². The van der Waals surface area contributed by atoms with Crippen molar-refractivity contribution < 1.29 is 19.3 Å². The lowest BCUT2D eigenvalue weighted by Crippen LogP contribution is -2.47. The molecule has 1 fully saturated rings. The number of hydrogen-bond donors (Lipinski definition) is 2. The Labute approximate surface area is 214 Å². The van der Waals surface area contributed by atoms with E-state index >= 15 is 0 Å². The van der Waals surface area contributed by atoms with E-state index in [0.717, 1.165) is 47.1 Å². The summed E-state index contributed by atoms with van der Waals surface area (Å²) in [5, 5.41) is 23.3. The fourth-order valence-corrected chi connectivity index (χ4v) is 5.76. The molecule has 0 aromatic heterocycles. The van der Waals surface area contributed by atoms with E-state index in [1.54, 1.807) is 12.1 Å². The smallest absolute Gasteiger partial charge is 0.126 e. The zero-order chi connectivity index (χ0) is 25.8. The number of aliphatic hydroxyl groups excluding tert-OH is 2. The highest BCUT2D eigenvalue weighted by Gasteiger charge is 2.47. The predicted octanol–water partition coefficient (Wildman–Crippen LogP) is 7.73. The highest BCUT2D eigenvalue weighted by atomic mass is 19.1. The van der Waals surface area contributed by atoms with Gasteiger partial charge in [-0.3, -0.25) is 0 Å². The van der Waals surface area contributed by atoms with Crippen molar-refractivity contribution in [2.75, 3.05) is 0 Å². The van der Waals surface area contributed by atoms with Crippen molar-refractivity contribution in [3.05, 3.63) is 88.2 Å². The topological polar surface area (TPSA) is 49.7 Å². The van der Waals surface area contributed by atoms with Crippen molar-refractivity contribution in [3.63, 3.8) is 0 Å². The zero-order valence-electron chi connectivity index (χ0n) is 21.9. The van der Waals surface area contributed by atoms with E-state index in [9.17, 15) is 14.6 Å². The van der Waals surface area contributed by atoms with Crippen molar-refractivity contribution >= 4 is 0 Å². The molecule has 0 radical (unpaired) electrons. The molecule has 0 bridgehead atoms. The Morgan fingerprint density at radius 1 is 1.00 bits per heavy atom. The van der Waals surface area contributed by atoms with Crippen LogP contribution in [0.25, 0.3) is 11.1 Å². The van der Waals surface area contributed by atoms with Crippen LogP contribution in [0.2, 0.25) is 0 Å². The van der Waals surface area contributed by atoms with Gasteiger partial charge in [-0.25, -0.2) is 4.39 Å². The van der Waals surface area contributed by atoms with Gasteiger partial charge in [0.2, 0.25) is 0 Å². The van der Waals surface area contributed by atoms with Gasteiger partial charge in [-0.05, 0) is 82.2 Å². The van der Waals surface area contributed by atoms with E-state index in [4.69, 9.17) is 4.74 Å². The number of halogens is 1. The van der Waals surface area contributed by atoms with E-state index in [0.29, 0.717) is 17.7 Å². The molecule has 1 spiro atoms. The van der Waals surface area contributed by atoms with Crippen LogP contribution >= 0.6 is 0 Å². The van der Waals surface area contributed by atoms with Gasteiger partial charge >= 0.3 is 0 Å². The molecule has 5 rings (SSSR count). The Kier molecular flexibility index (Phi) is 6.25. The summed E-state index contributed by atoms with van der Waals surface area (Å²) < 4.78 is 20.5. The highest BCUT2D eigenvalue weighted by molar-refractivity contribution is 5.78. The maximum Gasteiger partial charge on any atom is 0.126 e. The first kappa shape index (κ1) is 25.0. The average molecular weight is 489 g/mol. The molecule has 1 aliphatic heterocycles. The van der Waals surface area contributed by atoms with E-state index in [1.165, 1.54) is 17.7 Å². The van der Waals surface area contributed by atoms with E-state index in [1.807, 2.05) is 18.2 Å². The Hall–Kier alpha value is -2.69. The first-order valence-corrected chi connectivity index (χ1v) is 13.1. The predicted molar refractivity (Wildman–Crippen MR) is 142 cm³/mol. The second-order valence-electron chi connectivity index (χ2n) is 12.0. The summed E-state index contributed by atoms with van der Waals surface area (Å²) >= 11 is 0. The molecule has 0 saturated heterocycles. The lowest BCUT2D eigenvalue weighted by Gasteiger charge is -2.47. The molecule has 1 unspecified atom stereocenters. The molecule has 1 heterocycles. The zero-order valence-corrected chi connectivity index (χ0v) is 21.9. The molecule has 3 aromatic rings. The Morgan fingerprint density at radius 2 is 1.64 bits per heavy atom. The van der Waals surface area contributed by atoms with Crippen molar-refractivity contribution in [3.8, 4) is 16.9 Å². The first-order chi connectivity index (χ1) is 17.0. The molecule has 3 nitrogen and oxygen atoms in total. The van der Waals surface area contributed by atoms with Gasteiger partial charge in [-0.1, -0.05) is 71.0 Å². The normalized spacial score (nSPS) is 19.5. The van der Waals surface area contributed by atoms with Crippen molar-refractivity contribution in [1.82, 2.24) is 0 Å². The molecule has 36 heavy (non-hydrogen) atoms. The van der Waals surface area contributed by atoms with Crippen molar-refractivity contribution in [1.29, 1.82) is 0 Å². The van der Waals surface area contributed by atoms with Gasteiger partial charge in [0.05, 0.1) is 6.10 Å². The van der Waals surface area contributed by atoms with Crippen molar-refractivity contribution in [2.24, 2.45) is 0 Å². The molecular weight excluding hydrogens is 451 g/mol. The SMILES string of the molecule is CC(C)c1cc2c(c(-c3ccc(F)cc3)c1C(O)c1ccc(C(C)(C)C)cc1)[C@@H](O)CC1(CCC1)O2. The van der Waals surface area contributed by atoms with E-state index < -0.39 is 12.2 Å². The molecule has 3 aromatic carbocycles. The highest BCUT2D eigenvalue weighted by Crippen LogP contribution is 2.54. The Morgan fingerprint density at radius 3 is 2.17 bits per heavy atom. The summed E-state index contributed by atoms with van der Waals surface area (Å²) in [6, 6.07) is 16.5. The lowest BCUT2D eigenvalue weighted by molar-refractivity contribution is -0.0662. The number of hydrogen-bond acceptors (Lipinski definition) is 3. The van der Waals surface area contributed by atoms with Crippen LogP contribution in [0.5, 0.6) is 5.75 Å². The van der Waals surface area contributed by atoms with Gasteiger partial charge in [0, 0.05) is 12.0 Å². The van der Waals surface area contributed by atoms with Crippen LogP contribution in [0, 0.1) is 5.82 Å². The number of ether oxygens (including phenoxy) is 1. The van der Waals surface area contributed by atoms with Crippen LogP contribution in [0.15, 0.2) is 54.6 Å². The third-order valence-electron chi connectivity index (χ3n) is 8.01. The lowest BCUT2D eigenvalue weighted by atomic mass is 9.71. The van der Waals surface area contributed by atoms with E-state index in [2.05, 4.69) is 46.8 Å². The van der Waals surface area contributed by atoms with Crippen LogP contribution in [0.4, 0.5) is 4.39 Å². The molecule has 190 valence electrons. The molecule has 4 heteroatoms. The Bertz CT molecular complexity index is 1250. The fraction of sp³-hybridized carbons (Fsp3) is 0.438. The average Bonchev–Trinajstić information content (AvgIpc) is 2.81. The first-order valence-electron chi connectivity index (χ1n) is 13.1. The molecule has 2 atom stereocenters. The quantitative estimate of drug-likeness (QED) is 0.395. The van der Waals surface area contributed by atoms with Crippen LogP contribution in [-0.2, 0) is 5.41 Å². The number of fused-ring (bicyclic) bond motifs is 1. The van der Waals surface area contributed by atoms with Gasteiger partial charge in [-0.15, -0.1) is 0 Å². The molecule has 2 N–H and O–H groups in total. The summed E-state index contributed by atoms with van der Waals surface area (Å²) in [5.74, 6) is 0.473. The monoisotopic (exact) mass is 488 g/mol. The van der Waals surface area contributed by atoms with Gasteiger partial charge in [-0.2, -0.15) is 0 Å². The third-order valence-corrected chi connectivity index (χ3v) is 8.01. The molecular formula is C32H37FO3. The van der Waals surface area contributed by atoms with Gasteiger partial charge in [0.1, 0.15) is 23.3 Å². The van der Waals surface area contributed by atoms with Crippen LogP contribution in [0.3, 0.4) is 0 Å². The second-order valence-corrected chi connectivity index (χ2v) is 12.0. The molecule has 2 aliphatic rings. The van der Waals surface area contributed by atoms with Crippen molar-refractivity contribution in [2.45, 2.75) is 89.4 Å². The number of benzene rings is 3. The fourth-order valence-electron chi connectivity index (χ4n) is 5.76. The van der Waals surface area contributed by atoms with Gasteiger partial charge in [0.25, 0.3) is 0 Å². The Balaban J connectivity index is 1.74. The van der Waals surface area contributed by atoms with Gasteiger partial charge in [0.15, 0.2) is 0 Å². The third kappa shape index (κ3) is 4.35. The molecule has 1 saturated carbocycles. The van der Waals surface area contributed by atoms with Crippen LogP contribution < -0.4 is 4.74 Å². The summed E-state index contributed by atoms with van der Waals surface area (Å²) in [6.45, 7) is 10.7. The minimum Gasteiger partial charge on any atom is -0.487 e. The van der Waals surface area contributed by atoms with E-state index in [-0.39, 0.29) is 22.8 Å². The minimum absolute atomic E-state index is 0.0105. The summed E-state index contributed by atoms with van der Waals surface area (Å²) in [5.41, 5.74) is 5.64. The van der Waals surface area contributed by atoms with Gasteiger partial charge < -0.3 is 14.9 Å². The largest absolute Gasteiger partial charge is 0.487 e. The minimum atomic E-state index is -0.909. The summed E-state index contributed by atoms with van der Waals surface area (Å²) in [4.78, 5) is 0.